The van der Waals surface area contributed by atoms with Crippen LogP contribution in [0.5, 0.6) is 5.75 Å². The Bertz CT molecular complexity index is 1110. The maximum Gasteiger partial charge on any atom is 0.272 e. The fourth-order valence-corrected chi connectivity index (χ4v) is 3.40. The molecule has 0 bridgehead atoms. The Hall–Kier alpha value is -3.61. The van der Waals surface area contributed by atoms with Crippen molar-refractivity contribution in [1.29, 1.82) is 0 Å². The Labute approximate surface area is 175 Å². The molecule has 0 fully saturated rings. The summed E-state index contributed by atoms with van der Waals surface area (Å²) in [7, 11) is 1.63. The number of fused-ring (bicyclic) bond motifs is 1. The van der Waals surface area contributed by atoms with E-state index in [1.807, 2.05) is 48.5 Å². The van der Waals surface area contributed by atoms with Crippen molar-refractivity contribution in [3.05, 3.63) is 72.3 Å². The third-order valence-electron chi connectivity index (χ3n) is 4.91. The molecule has 1 unspecified atom stereocenters. The molecule has 2 N–H and O–H groups in total. The van der Waals surface area contributed by atoms with Crippen LogP contribution in [0.2, 0.25) is 0 Å². The van der Waals surface area contributed by atoms with Gasteiger partial charge in [0.15, 0.2) is 5.69 Å². The maximum absolute atomic E-state index is 12.9. The highest BCUT2D eigenvalue weighted by molar-refractivity contribution is 5.92. The molecule has 0 aliphatic carbocycles. The zero-order chi connectivity index (χ0) is 21.1. The highest BCUT2D eigenvalue weighted by Gasteiger charge is 2.21. The van der Waals surface area contributed by atoms with Gasteiger partial charge in [0.05, 0.1) is 29.9 Å². The van der Waals surface area contributed by atoms with Crippen molar-refractivity contribution in [2.24, 2.45) is 5.92 Å². The van der Waals surface area contributed by atoms with Crippen LogP contribution in [0.3, 0.4) is 0 Å². The van der Waals surface area contributed by atoms with Gasteiger partial charge in [0, 0.05) is 6.20 Å². The maximum atomic E-state index is 12.9. The third-order valence-corrected chi connectivity index (χ3v) is 4.91. The number of hydrogen-bond donors (Lipinski definition) is 2. The van der Waals surface area contributed by atoms with Crippen molar-refractivity contribution < 1.29 is 9.53 Å². The van der Waals surface area contributed by atoms with E-state index in [1.165, 1.54) is 0 Å². The van der Waals surface area contributed by atoms with Crippen LogP contribution in [0.15, 0.2) is 60.8 Å². The van der Waals surface area contributed by atoms with Crippen molar-refractivity contribution >= 4 is 16.9 Å². The molecule has 2 heterocycles. The molecule has 1 amide bonds. The number of carbonyl (C=O) groups excluding carboxylic acids is 1. The molecule has 0 saturated heterocycles. The summed E-state index contributed by atoms with van der Waals surface area (Å²) in [5.74, 6) is 1.69. The number of imidazole rings is 1. The van der Waals surface area contributed by atoms with Gasteiger partial charge in [-0.05, 0) is 54.8 Å². The summed E-state index contributed by atoms with van der Waals surface area (Å²) >= 11 is 0. The van der Waals surface area contributed by atoms with Crippen LogP contribution >= 0.6 is 0 Å². The number of benzene rings is 2. The number of nitrogens with one attached hydrogen (secondary N) is 2. The lowest BCUT2D eigenvalue weighted by molar-refractivity contribution is 0.0924. The third kappa shape index (κ3) is 4.20. The zero-order valence-corrected chi connectivity index (χ0v) is 17.3. The predicted octanol–water partition coefficient (Wildman–Crippen LogP) is 4.27. The van der Waals surface area contributed by atoms with Gasteiger partial charge in [0.2, 0.25) is 0 Å². The van der Waals surface area contributed by atoms with E-state index in [4.69, 9.17) is 4.74 Å². The first-order chi connectivity index (χ1) is 14.5. The van der Waals surface area contributed by atoms with E-state index in [2.05, 4.69) is 34.2 Å². The second-order valence-corrected chi connectivity index (χ2v) is 7.64. The van der Waals surface area contributed by atoms with Gasteiger partial charge in [0.25, 0.3) is 5.91 Å². The number of aromatic nitrogens is 4. The largest absolute Gasteiger partial charge is 0.497 e. The van der Waals surface area contributed by atoms with Gasteiger partial charge in [0.1, 0.15) is 11.6 Å². The van der Waals surface area contributed by atoms with Gasteiger partial charge in [-0.2, -0.15) is 5.10 Å². The van der Waals surface area contributed by atoms with Crippen LogP contribution in [0.4, 0.5) is 0 Å². The molecule has 0 aliphatic rings. The second-order valence-electron chi connectivity index (χ2n) is 7.64. The van der Waals surface area contributed by atoms with Gasteiger partial charge >= 0.3 is 0 Å². The van der Waals surface area contributed by atoms with Crippen LogP contribution in [0, 0.1) is 5.92 Å². The molecule has 1 atom stereocenters. The van der Waals surface area contributed by atoms with E-state index in [0.717, 1.165) is 34.7 Å². The number of hydrogen-bond acceptors (Lipinski definition) is 4. The Kier molecular flexibility index (Phi) is 5.52. The zero-order valence-electron chi connectivity index (χ0n) is 17.3. The van der Waals surface area contributed by atoms with Crippen LogP contribution < -0.4 is 10.1 Å². The fourth-order valence-electron chi connectivity index (χ4n) is 3.40. The highest BCUT2D eigenvalue weighted by Crippen LogP contribution is 2.22. The number of aromatic amines is 1. The van der Waals surface area contributed by atoms with E-state index in [-0.39, 0.29) is 11.9 Å². The molecule has 0 radical (unpaired) electrons. The molecule has 0 saturated carbocycles. The molecule has 2 aromatic heterocycles. The second kappa shape index (κ2) is 8.41. The normalized spacial score (nSPS) is 12.3. The van der Waals surface area contributed by atoms with Gasteiger partial charge in [-0.1, -0.05) is 26.0 Å². The number of nitrogens with zero attached hydrogens (tertiary/aromatic N) is 3. The Morgan fingerprint density at radius 3 is 2.60 bits per heavy atom. The summed E-state index contributed by atoms with van der Waals surface area (Å²) < 4.78 is 6.86. The van der Waals surface area contributed by atoms with Crippen molar-refractivity contribution in [3.8, 4) is 11.4 Å². The van der Waals surface area contributed by atoms with Crippen LogP contribution in [-0.4, -0.2) is 32.8 Å². The quantitative estimate of drug-likeness (QED) is 0.482. The Balaban J connectivity index is 1.54. The highest BCUT2D eigenvalue weighted by atomic mass is 16.5. The molecule has 7 nitrogen and oxygen atoms in total. The van der Waals surface area contributed by atoms with E-state index in [0.29, 0.717) is 11.6 Å². The average Bonchev–Trinajstić information content (AvgIpc) is 3.40. The summed E-state index contributed by atoms with van der Waals surface area (Å²) in [6.45, 7) is 4.25. The first-order valence-electron chi connectivity index (χ1n) is 9.99. The lowest BCUT2D eigenvalue weighted by Gasteiger charge is -2.18. The standard InChI is InChI=1S/C23H25N5O2/c1-15(2)14-21(22-24-18-6-4-5-7-19(18)25-22)26-23(29)20-12-13-28(27-20)16-8-10-17(30-3)11-9-16/h4-13,15,21H,14H2,1-3H3,(H,24,25)(H,26,29). The van der Waals surface area contributed by atoms with Crippen molar-refractivity contribution in [3.63, 3.8) is 0 Å². The minimum absolute atomic E-state index is 0.226. The minimum Gasteiger partial charge on any atom is -0.497 e. The van der Waals surface area contributed by atoms with E-state index in [9.17, 15) is 4.79 Å². The first-order valence-corrected chi connectivity index (χ1v) is 9.99. The van der Waals surface area contributed by atoms with Gasteiger partial charge in [-0.3, -0.25) is 4.79 Å². The molecule has 4 aromatic rings. The number of methoxy groups -OCH3 is 1. The van der Waals surface area contributed by atoms with Crippen LogP contribution in [0.25, 0.3) is 16.7 Å². The van der Waals surface area contributed by atoms with Crippen molar-refractivity contribution in [1.82, 2.24) is 25.1 Å². The summed E-state index contributed by atoms with van der Waals surface area (Å²) in [5.41, 5.74) is 3.06. The van der Waals surface area contributed by atoms with Crippen LogP contribution in [-0.2, 0) is 0 Å². The molecule has 2 aromatic carbocycles. The molecular formula is C23H25N5O2. The number of H-pyrrole nitrogens is 1. The van der Waals surface area contributed by atoms with E-state index >= 15 is 0 Å². The number of para-hydroxylation sites is 2. The SMILES string of the molecule is COc1ccc(-n2ccc(C(=O)NC(CC(C)C)c3nc4ccccc4[nH]3)n2)cc1. The fraction of sp³-hybridized carbons (Fsp3) is 0.261. The topological polar surface area (TPSA) is 84.8 Å². The Morgan fingerprint density at radius 1 is 1.13 bits per heavy atom. The summed E-state index contributed by atoms with van der Waals surface area (Å²) in [6, 6.07) is 16.8. The number of ether oxygens (including phenoxy) is 1. The van der Waals surface area contributed by atoms with Crippen LogP contribution in [0.1, 0.15) is 42.6 Å². The summed E-state index contributed by atoms with van der Waals surface area (Å²) in [4.78, 5) is 20.9. The molecule has 154 valence electrons. The van der Waals surface area contributed by atoms with Crippen molar-refractivity contribution in [2.45, 2.75) is 26.3 Å². The summed E-state index contributed by atoms with van der Waals surface area (Å²) in [6.07, 6.45) is 2.54. The lowest BCUT2D eigenvalue weighted by Crippen LogP contribution is -2.30. The number of amides is 1. The predicted molar refractivity (Wildman–Crippen MR) is 116 cm³/mol. The molecule has 7 heteroatoms. The van der Waals surface area contributed by atoms with E-state index in [1.54, 1.807) is 24.1 Å². The molecule has 4 rings (SSSR count). The van der Waals surface area contributed by atoms with E-state index < -0.39 is 0 Å². The monoisotopic (exact) mass is 403 g/mol. The van der Waals surface area contributed by atoms with Gasteiger partial charge in [-0.25, -0.2) is 9.67 Å². The number of rotatable bonds is 7. The molecule has 0 aliphatic heterocycles. The van der Waals surface area contributed by atoms with Crippen molar-refractivity contribution in [2.75, 3.05) is 7.11 Å². The Morgan fingerprint density at radius 2 is 1.90 bits per heavy atom. The summed E-state index contributed by atoms with van der Waals surface area (Å²) in [5, 5.41) is 7.53. The average molecular weight is 403 g/mol. The lowest BCUT2D eigenvalue weighted by atomic mass is 10.0. The minimum atomic E-state index is -0.228. The molecule has 30 heavy (non-hydrogen) atoms. The number of carbonyl (C=O) groups is 1. The smallest absolute Gasteiger partial charge is 0.272 e. The van der Waals surface area contributed by atoms with Gasteiger partial charge in [-0.15, -0.1) is 0 Å². The first kappa shape index (κ1) is 19.7. The molecular weight excluding hydrogens is 378 g/mol. The van der Waals surface area contributed by atoms with Gasteiger partial charge < -0.3 is 15.0 Å². The molecule has 0 spiro atoms.